The molecule has 1 aromatic carbocycles. The van der Waals surface area contributed by atoms with Gasteiger partial charge in [0.2, 0.25) is 5.88 Å². The van der Waals surface area contributed by atoms with Gasteiger partial charge in [-0.1, -0.05) is 12.1 Å². The Morgan fingerprint density at radius 2 is 2.08 bits per heavy atom. The Labute approximate surface area is 67.6 Å². The van der Waals surface area contributed by atoms with Crippen LogP contribution in [0.3, 0.4) is 0 Å². The third-order valence-electron chi connectivity index (χ3n) is 1.58. The summed E-state index contributed by atoms with van der Waals surface area (Å²) in [6.45, 7) is 0. The van der Waals surface area contributed by atoms with E-state index >= 15 is 0 Å². The second kappa shape index (κ2) is 2.34. The van der Waals surface area contributed by atoms with Crippen molar-refractivity contribution in [3.8, 4) is 0 Å². The van der Waals surface area contributed by atoms with Crippen LogP contribution in [0.4, 0.5) is 5.88 Å². The van der Waals surface area contributed by atoms with E-state index in [1.54, 1.807) is 24.3 Å². The maximum Gasteiger partial charge on any atom is 0.440 e. The second-order valence-corrected chi connectivity index (χ2v) is 2.36. The van der Waals surface area contributed by atoms with Crippen LogP contribution in [0.2, 0.25) is 0 Å². The van der Waals surface area contributed by atoms with Crippen molar-refractivity contribution in [3.63, 3.8) is 0 Å². The number of anilines is 1. The molecule has 0 radical (unpaired) electrons. The standard InChI is InChI=1S/C8H6N2O2/c9-7-5-3-1-2-4-6(5)10-8(11)12-7/h1-4H,9H2. The van der Waals surface area contributed by atoms with Crippen LogP contribution in [0, 0.1) is 0 Å². The quantitative estimate of drug-likeness (QED) is 0.621. The van der Waals surface area contributed by atoms with Crippen molar-refractivity contribution in [1.29, 1.82) is 0 Å². The lowest BCUT2D eigenvalue weighted by molar-refractivity contribution is 0.512. The van der Waals surface area contributed by atoms with Crippen molar-refractivity contribution in [2.45, 2.75) is 0 Å². The first-order valence-corrected chi connectivity index (χ1v) is 3.43. The fraction of sp³-hybridized carbons (Fsp3) is 0. The Bertz CT molecular complexity index is 476. The van der Waals surface area contributed by atoms with Crippen molar-refractivity contribution in [1.82, 2.24) is 4.98 Å². The highest BCUT2D eigenvalue weighted by Gasteiger charge is 2.00. The molecule has 2 rings (SSSR count). The summed E-state index contributed by atoms with van der Waals surface area (Å²) in [5, 5.41) is 0.664. The van der Waals surface area contributed by atoms with Crippen molar-refractivity contribution < 1.29 is 4.42 Å². The maximum atomic E-state index is 10.7. The molecule has 1 heterocycles. The number of hydrogen-bond acceptors (Lipinski definition) is 4. The third kappa shape index (κ3) is 0.934. The number of rotatable bonds is 0. The number of fused-ring (bicyclic) bond motifs is 1. The summed E-state index contributed by atoms with van der Waals surface area (Å²) in [5.74, 6) is -0.545. The molecular weight excluding hydrogens is 156 g/mol. The van der Waals surface area contributed by atoms with Crippen LogP contribution in [-0.2, 0) is 0 Å². The summed E-state index contributed by atoms with van der Waals surface area (Å²) < 4.78 is 4.60. The van der Waals surface area contributed by atoms with E-state index in [0.29, 0.717) is 10.9 Å². The smallest absolute Gasteiger partial charge is 0.392 e. The van der Waals surface area contributed by atoms with Crippen LogP contribution >= 0.6 is 0 Å². The molecule has 2 aromatic rings. The summed E-state index contributed by atoms with van der Waals surface area (Å²) in [6.07, 6.45) is 0. The van der Waals surface area contributed by atoms with Gasteiger partial charge >= 0.3 is 5.76 Å². The van der Waals surface area contributed by atoms with Crippen molar-refractivity contribution >= 4 is 16.8 Å². The highest BCUT2D eigenvalue weighted by Crippen LogP contribution is 2.14. The van der Waals surface area contributed by atoms with Gasteiger partial charge in [-0.15, -0.1) is 0 Å². The molecule has 0 bridgehead atoms. The molecule has 0 fully saturated rings. The number of nitrogens with two attached hydrogens (primary N) is 1. The summed E-state index contributed by atoms with van der Waals surface area (Å²) in [7, 11) is 0. The van der Waals surface area contributed by atoms with E-state index in [-0.39, 0.29) is 5.88 Å². The summed E-state index contributed by atoms with van der Waals surface area (Å²) in [5.41, 5.74) is 6.01. The monoisotopic (exact) mass is 162 g/mol. The Morgan fingerprint density at radius 3 is 2.92 bits per heavy atom. The molecule has 4 nitrogen and oxygen atoms in total. The molecule has 0 saturated carbocycles. The van der Waals surface area contributed by atoms with E-state index in [0.717, 1.165) is 0 Å². The fourth-order valence-electron chi connectivity index (χ4n) is 1.05. The first kappa shape index (κ1) is 6.84. The predicted molar refractivity (Wildman–Crippen MR) is 44.7 cm³/mol. The first-order valence-electron chi connectivity index (χ1n) is 3.43. The normalized spacial score (nSPS) is 10.3. The van der Waals surface area contributed by atoms with Crippen LogP contribution in [0.5, 0.6) is 0 Å². The minimum atomic E-state index is -0.661. The molecule has 0 aliphatic rings. The van der Waals surface area contributed by atoms with Gasteiger partial charge in [0.1, 0.15) is 0 Å². The molecule has 0 atom stereocenters. The maximum absolute atomic E-state index is 10.7. The Kier molecular flexibility index (Phi) is 1.33. The molecule has 0 saturated heterocycles. The number of nitrogen functional groups attached to an aromatic ring is 1. The van der Waals surface area contributed by atoms with E-state index in [2.05, 4.69) is 9.40 Å². The van der Waals surface area contributed by atoms with Crippen molar-refractivity contribution in [2.75, 3.05) is 5.73 Å². The van der Waals surface area contributed by atoms with Gasteiger partial charge in [-0.05, 0) is 12.1 Å². The van der Waals surface area contributed by atoms with E-state index in [1.165, 1.54) is 0 Å². The van der Waals surface area contributed by atoms with Gasteiger partial charge in [-0.2, -0.15) is 4.98 Å². The van der Waals surface area contributed by atoms with Crippen LogP contribution in [0.25, 0.3) is 10.9 Å². The van der Waals surface area contributed by atoms with E-state index in [1.807, 2.05) is 0 Å². The van der Waals surface area contributed by atoms with Crippen LogP contribution in [-0.4, -0.2) is 4.98 Å². The van der Waals surface area contributed by atoms with E-state index in [4.69, 9.17) is 5.73 Å². The van der Waals surface area contributed by atoms with Crippen LogP contribution < -0.4 is 11.5 Å². The lowest BCUT2D eigenvalue weighted by Gasteiger charge is -1.96. The average Bonchev–Trinajstić information content (AvgIpc) is 2.04. The van der Waals surface area contributed by atoms with Gasteiger partial charge in [0.25, 0.3) is 0 Å². The van der Waals surface area contributed by atoms with Gasteiger partial charge in [-0.3, -0.25) is 0 Å². The van der Waals surface area contributed by atoms with Crippen molar-refractivity contribution in [2.24, 2.45) is 0 Å². The van der Waals surface area contributed by atoms with Gasteiger partial charge in [-0.25, -0.2) is 4.79 Å². The van der Waals surface area contributed by atoms with Crippen molar-refractivity contribution in [3.05, 3.63) is 34.8 Å². The highest BCUT2D eigenvalue weighted by molar-refractivity contribution is 5.86. The molecular formula is C8H6N2O2. The van der Waals surface area contributed by atoms with Crippen LogP contribution in [0.15, 0.2) is 33.5 Å². The predicted octanol–water partition coefficient (Wildman–Crippen LogP) is 0.770. The van der Waals surface area contributed by atoms with Gasteiger partial charge in [0, 0.05) is 0 Å². The number of nitrogens with zero attached hydrogens (tertiary/aromatic N) is 1. The zero-order chi connectivity index (χ0) is 8.55. The number of hydrogen-bond donors (Lipinski definition) is 1. The van der Waals surface area contributed by atoms with E-state index in [9.17, 15) is 4.79 Å². The Balaban J connectivity index is 2.99. The molecule has 1 aromatic heterocycles. The second-order valence-electron chi connectivity index (χ2n) is 2.36. The van der Waals surface area contributed by atoms with Gasteiger partial charge in [0.05, 0.1) is 10.9 Å². The molecule has 0 aliphatic carbocycles. The zero-order valence-corrected chi connectivity index (χ0v) is 6.15. The fourth-order valence-corrected chi connectivity index (χ4v) is 1.05. The lowest BCUT2D eigenvalue weighted by Crippen LogP contribution is -2.05. The first-order chi connectivity index (χ1) is 5.77. The number of aromatic nitrogens is 1. The molecule has 0 amide bonds. The number of para-hydroxylation sites is 1. The molecule has 4 heteroatoms. The topological polar surface area (TPSA) is 69.1 Å². The molecule has 0 unspecified atom stereocenters. The SMILES string of the molecule is Nc1oc(=O)nc2ccccc12. The number of benzene rings is 1. The largest absolute Gasteiger partial charge is 0.440 e. The van der Waals surface area contributed by atoms with Crippen LogP contribution in [0.1, 0.15) is 0 Å². The van der Waals surface area contributed by atoms with E-state index < -0.39 is 5.76 Å². The summed E-state index contributed by atoms with van der Waals surface area (Å²) >= 11 is 0. The summed E-state index contributed by atoms with van der Waals surface area (Å²) in [4.78, 5) is 14.4. The highest BCUT2D eigenvalue weighted by atomic mass is 16.4. The Hall–Kier alpha value is -1.84. The molecule has 60 valence electrons. The summed E-state index contributed by atoms with van der Waals surface area (Å²) in [6, 6.07) is 7.05. The zero-order valence-electron chi connectivity index (χ0n) is 6.15. The lowest BCUT2D eigenvalue weighted by atomic mass is 10.2. The molecule has 2 N–H and O–H groups in total. The van der Waals surface area contributed by atoms with Gasteiger partial charge < -0.3 is 10.2 Å². The molecule has 12 heavy (non-hydrogen) atoms. The Morgan fingerprint density at radius 1 is 1.33 bits per heavy atom. The third-order valence-corrected chi connectivity index (χ3v) is 1.58. The molecule has 0 aliphatic heterocycles. The minimum Gasteiger partial charge on any atom is -0.392 e. The molecule has 0 spiro atoms. The average molecular weight is 162 g/mol. The minimum absolute atomic E-state index is 0.116. The van der Waals surface area contributed by atoms with Gasteiger partial charge in [0.15, 0.2) is 0 Å².